The molecule has 0 aliphatic heterocycles. The van der Waals surface area contributed by atoms with E-state index >= 15 is 0 Å². The number of hydrogen-bond acceptors (Lipinski definition) is 2. The molecule has 3 heteroatoms. The molecule has 0 spiro atoms. The Morgan fingerprint density at radius 3 is 2.21 bits per heavy atom. The van der Waals surface area contributed by atoms with Gasteiger partial charge in [0.25, 0.3) is 0 Å². The highest BCUT2D eigenvalue weighted by Crippen LogP contribution is 2.21. The highest BCUT2D eigenvalue weighted by atomic mass is 16.4. The molecule has 0 fully saturated rings. The Kier molecular flexibility index (Phi) is 6.03. The average Bonchev–Trinajstić information content (AvgIpc) is 2.35. The Labute approximate surface area is 116 Å². The lowest BCUT2D eigenvalue weighted by atomic mass is 9.99. The van der Waals surface area contributed by atoms with Crippen LogP contribution in [0.2, 0.25) is 0 Å². The van der Waals surface area contributed by atoms with Crippen LogP contribution >= 0.6 is 0 Å². The molecule has 0 amide bonds. The standard InChI is InChI=1S/C16H25NO2/c1-5-17(11-16(18)19)13(4)15-8-6-14(7-9-15)10-12(2)3/h6-9,12-13H,5,10-11H2,1-4H3,(H,18,19). The maximum Gasteiger partial charge on any atom is 0.317 e. The van der Waals surface area contributed by atoms with Gasteiger partial charge in [-0.3, -0.25) is 9.69 Å². The molecule has 0 radical (unpaired) electrons. The topological polar surface area (TPSA) is 40.5 Å². The lowest BCUT2D eigenvalue weighted by molar-refractivity contribution is -0.138. The van der Waals surface area contributed by atoms with E-state index in [9.17, 15) is 4.79 Å². The van der Waals surface area contributed by atoms with Gasteiger partial charge in [0.05, 0.1) is 6.54 Å². The van der Waals surface area contributed by atoms with Crippen LogP contribution in [-0.2, 0) is 11.2 Å². The first-order valence-electron chi connectivity index (χ1n) is 6.98. The zero-order valence-corrected chi connectivity index (χ0v) is 12.4. The predicted octanol–water partition coefficient (Wildman–Crippen LogP) is 3.35. The summed E-state index contributed by atoms with van der Waals surface area (Å²) in [5.74, 6) is -0.118. The highest BCUT2D eigenvalue weighted by Gasteiger charge is 2.16. The van der Waals surface area contributed by atoms with Crippen LogP contribution in [0, 0.1) is 5.92 Å². The highest BCUT2D eigenvalue weighted by molar-refractivity contribution is 5.69. The summed E-state index contributed by atoms with van der Waals surface area (Å²) in [4.78, 5) is 12.8. The largest absolute Gasteiger partial charge is 0.480 e. The van der Waals surface area contributed by atoms with Crippen LogP contribution in [0.4, 0.5) is 0 Å². The van der Waals surface area contributed by atoms with E-state index in [0.29, 0.717) is 5.92 Å². The van der Waals surface area contributed by atoms with Crippen LogP contribution in [0.15, 0.2) is 24.3 Å². The Balaban J connectivity index is 2.75. The summed E-state index contributed by atoms with van der Waals surface area (Å²) in [6, 6.07) is 8.68. The summed E-state index contributed by atoms with van der Waals surface area (Å²) in [5.41, 5.74) is 2.52. The number of aliphatic carboxylic acids is 1. The quantitative estimate of drug-likeness (QED) is 0.820. The molecule has 19 heavy (non-hydrogen) atoms. The molecule has 0 bridgehead atoms. The molecule has 0 saturated heterocycles. The number of rotatable bonds is 7. The zero-order chi connectivity index (χ0) is 14.4. The van der Waals surface area contributed by atoms with Crippen LogP contribution in [0.5, 0.6) is 0 Å². The minimum Gasteiger partial charge on any atom is -0.480 e. The van der Waals surface area contributed by atoms with Gasteiger partial charge in [0.15, 0.2) is 0 Å². The fourth-order valence-electron chi connectivity index (χ4n) is 2.31. The summed E-state index contributed by atoms with van der Waals surface area (Å²) in [6.07, 6.45) is 1.08. The lowest BCUT2D eigenvalue weighted by Gasteiger charge is -2.26. The molecule has 0 aliphatic carbocycles. The molecular formula is C16H25NO2. The molecule has 1 unspecified atom stereocenters. The molecule has 1 aromatic carbocycles. The fraction of sp³-hybridized carbons (Fsp3) is 0.562. The third-order valence-electron chi connectivity index (χ3n) is 3.40. The number of benzene rings is 1. The van der Waals surface area contributed by atoms with E-state index in [4.69, 9.17) is 5.11 Å². The molecule has 0 aromatic heterocycles. The summed E-state index contributed by atoms with van der Waals surface area (Å²) < 4.78 is 0. The zero-order valence-electron chi connectivity index (χ0n) is 12.4. The SMILES string of the molecule is CCN(CC(=O)O)C(C)c1ccc(CC(C)C)cc1. The van der Waals surface area contributed by atoms with Crippen molar-refractivity contribution in [1.29, 1.82) is 0 Å². The van der Waals surface area contributed by atoms with Gasteiger partial charge in [-0.15, -0.1) is 0 Å². The van der Waals surface area contributed by atoms with Gasteiger partial charge >= 0.3 is 5.97 Å². The van der Waals surface area contributed by atoms with E-state index in [1.807, 2.05) is 11.8 Å². The van der Waals surface area contributed by atoms with Gasteiger partial charge in [-0.2, -0.15) is 0 Å². The van der Waals surface area contributed by atoms with Crippen LogP contribution in [-0.4, -0.2) is 29.1 Å². The van der Waals surface area contributed by atoms with E-state index < -0.39 is 5.97 Å². The molecule has 0 aliphatic rings. The van der Waals surface area contributed by atoms with Crippen molar-refractivity contribution in [2.75, 3.05) is 13.1 Å². The molecule has 106 valence electrons. The third kappa shape index (κ3) is 5.03. The molecule has 0 heterocycles. The Bertz CT molecular complexity index is 398. The molecule has 1 aromatic rings. The minimum atomic E-state index is -0.773. The first-order valence-corrected chi connectivity index (χ1v) is 6.98. The maximum atomic E-state index is 10.8. The number of carboxylic acid groups (broad SMARTS) is 1. The first-order chi connectivity index (χ1) is 8.93. The van der Waals surface area contributed by atoms with Gasteiger partial charge < -0.3 is 5.11 Å². The van der Waals surface area contributed by atoms with Gasteiger partial charge in [-0.05, 0) is 36.9 Å². The molecular weight excluding hydrogens is 238 g/mol. The second-order valence-corrected chi connectivity index (χ2v) is 5.47. The van der Waals surface area contributed by atoms with Crippen molar-refractivity contribution in [3.63, 3.8) is 0 Å². The van der Waals surface area contributed by atoms with Crippen molar-refractivity contribution in [2.24, 2.45) is 5.92 Å². The first kappa shape index (κ1) is 15.7. The molecule has 1 atom stereocenters. The third-order valence-corrected chi connectivity index (χ3v) is 3.40. The normalized spacial score (nSPS) is 12.9. The van der Waals surface area contributed by atoms with Gasteiger partial charge in [-0.25, -0.2) is 0 Å². The van der Waals surface area contributed by atoms with Crippen molar-refractivity contribution in [1.82, 2.24) is 4.90 Å². The van der Waals surface area contributed by atoms with E-state index in [1.54, 1.807) is 0 Å². The lowest BCUT2D eigenvalue weighted by Crippen LogP contribution is -2.32. The molecule has 3 nitrogen and oxygen atoms in total. The van der Waals surface area contributed by atoms with Crippen LogP contribution < -0.4 is 0 Å². The second-order valence-electron chi connectivity index (χ2n) is 5.47. The van der Waals surface area contributed by atoms with Crippen molar-refractivity contribution in [3.05, 3.63) is 35.4 Å². The Morgan fingerprint density at radius 1 is 1.21 bits per heavy atom. The number of carboxylic acids is 1. The summed E-state index contributed by atoms with van der Waals surface area (Å²) in [7, 11) is 0. The van der Waals surface area contributed by atoms with E-state index in [0.717, 1.165) is 13.0 Å². The Morgan fingerprint density at radius 2 is 1.79 bits per heavy atom. The van der Waals surface area contributed by atoms with Crippen LogP contribution in [0.25, 0.3) is 0 Å². The summed E-state index contributed by atoms with van der Waals surface area (Å²) in [5, 5.41) is 8.91. The molecule has 1 rings (SSSR count). The van der Waals surface area contributed by atoms with Gasteiger partial charge in [-0.1, -0.05) is 45.0 Å². The number of hydrogen-bond donors (Lipinski definition) is 1. The second kappa shape index (κ2) is 7.29. The Hall–Kier alpha value is -1.35. The molecule has 0 saturated carbocycles. The van der Waals surface area contributed by atoms with E-state index in [1.165, 1.54) is 11.1 Å². The minimum absolute atomic E-state index is 0.0887. The average molecular weight is 263 g/mol. The van der Waals surface area contributed by atoms with Crippen molar-refractivity contribution >= 4 is 5.97 Å². The van der Waals surface area contributed by atoms with Crippen molar-refractivity contribution in [2.45, 2.75) is 40.2 Å². The van der Waals surface area contributed by atoms with Crippen molar-refractivity contribution in [3.8, 4) is 0 Å². The van der Waals surface area contributed by atoms with Crippen LogP contribution in [0.1, 0.15) is 44.9 Å². The fourth-order valence-corrected chi connectivity index (χ4v) is 2.31. The van der Waals surface area contributed by atoms with Crippen LogP contribution in [0.3, 0.4) is 0 Å². The predicted molar refractivity (Wildman–Crippen MR) is 78.3 cm³/mol. The maximum absolute atomic E-state index is 10.8. The monoisotopic (exact) mass is 263 g/mol. The smallest absolute Gasteiger partial charge is 0.317 e. The molecule has 1 N–H and O–H groups in total. The summed E-state index contributed by atoms with van der Waals surface area (Å²) in [6.45, 7) is 9.30. The number of likely N-dealkylation sites (N-methyl/N-ethyl adjacent to an activating group) is 1. The van der Waals surface area contributed by atoms with E-state index in [-0.39, 0.29) is 12.6 Å². The van der Waals surface area contributed by atoms with Crippen molar-refractivity contribution < 1.29 is 9.90 Å². The van der Waals surface area contributed by atoms with Gasteiger partial charge in [0.2, 0.25) is 0 Å². The summed E-state index contributed by atoms with van der Waals surface area (Å²) >= 11 is 0. The van der Waals surface area contributed by atoms with E-state index in [2.05, 4.69) is 45.0 Å². The number of carbonyl (C=O) groups is 1. The van der Waals surface area contributed by atoms with Gasteiger partial charge in [0.1, 0.15) is 0 Å². The number of nitrogens with zero attached hydrogens (tertiary/aromatic N) is 1. The van der Waals surface area contributed by atoms with Gasteiger partial charge in [0, 0.05) is 6.04 Å².